The fraction of sp³-hybridized carbons (Fsp3) is 0.725. The average molecular weight is 632 g/mol. The van der Waals surface area contributed by atoms with Crippen molar-refractivity contribution in [3.8, 4) is 0 Å². The standard InChI is InChI=1S/C40H57NO5/c1-25(42)45-30-24-37(7)31(36(5,6)33(30)46-26(2)43)17-18-39(9)32(37)16-15-28-29-23-35(3,4)19-21-40(29,22-20-38(28,39)8)34(44)41-27-13-11-10-12-14-27/h10-15,29-33H,16-24H2,1-9H3,(H,41,44)/t29-,30+,31-,32+,33-,37-,38+,39+,40-/m0/s1. The minimum Gasteiger partial charge on any atom is -0.459 e. The summed E-state index contributed by atoms with van der Waals surface area (Å²) in [5.74, 6) is 0.459. The van der Waals surface area contributed by atoms with Crippen LogP contribution in [0.2, 0.25) is 0 Å². The number of benzene rings is 1. The summed E-state index contributed by atoms with van der Waals surface area (Å²) in [6.07, 6.45) is 10.3. The Bertz CT molecular complexity index is 1430. The van der Waals surface area contributed by atoms with E-state index < -0.39 is 17.6 Å². The Morgan fingerprint density at radius 3 is 2.09 bits per heavy atom. The molecule has 0 saturated heterocycles. The van der Waals surface area contributed by atoms with Gasteiger partial charge in [-0.15, -0.1) is 0 Å². The molecule has 4 fully saturated rings. The van der Waals surface area contributed by atoms with E-state index >= 15 is 0 Å². The highest BCUT2D eigenvalue weighted by Crippen LogP contribution is 2.76. The second-order valence-corrected chi connectivity index (χ2v) is 17.9. The smallest absolute Gasteiger partial charge is 0.303 e. The summed E-state index contributed by atoms with van der Waals surface area (Å²) in [6, 6.07) is 9.95. The molecule has 0 unspecified atom stereocenters. The summed E-state index contributed by atoms with van der Waals surface area (Å²) in [5.41, 5.74) is 1.72. The van der Waals surface area contributed by atoms with Gasteiger partial charge in [0.1, 0.15) is 12.2 Å². The molecule has 252 valence electrons. The number of rotatable bonds is 4. The maximum Gasteiger partial charge on any atom is 0.303 e. The molecule has 0 aromatic heterocycles. The van der Waals surface area contributed by atoms with E-state index in [-0.39, 0.29) is 50.8 Å². The first-order valence-corrected chi connectivity index (χ1v) is 17.8. The van der Waals surface area contributed by atoms with Crippen LogP contribution in [-0.2, 0) is 23.9 Å². The van der Waals surface area contributed by atoms with Gasteiger partial charge in [0.2, 0.25) is 5.91 Å². The number of nitrogens with one attached hydrogen (secondary N) is 1. The quantitative estimate of drug-likeness (QED) is 0.265. The number of para-hydroxylation sites is 1. The molecule has 1 amide bonds. The lowest BCUT2D eigenvalue weighted by molar-refractivity contribution is -0.243. The van der Waals surface area contributed by atoms with Gasteiger partial charge in [-0.05, 0) is 109 Å². The van der Waals surface area contributed by atoms with Crippen LogP contribution < -0.4 is 5.32 Å². The number of allylic oxidation sites excluding steroid dienone is 2. The molecule has 5 aliphatic carbocycles. The van der Waals surface area contributed by atoms with E-state index in [9.17, 15) is 14.4 Å². The average Bonchev–Trinajstić information content (AvgIpc) is 2.95. The lowest BCUT2D eigenvalue weighted by atomic mass is 9.33. The Labute approximate surface area is 276 Å². The van der Waals surface area contributed by atoms with Gasteiger partial charge in [0, 0.05) is 24.9 Å². The van der Waals surface area contributed by atoms with Gasteiger partial charge in [-0.25, -0.2) is 0 Å². The molecule has 1 N–H and O–H groups in total. The summed E-state index contributed by atoms with van der Waals surface area (Å²) in [6.45, 7) is 19.6. The molecular weight excluding hydrogens is 574 g/mol. The fourth-order valence-electron chi connectivity index (χ4n) is 12.2. The maximum absolute atomic E-state index is 14.4. The van der Waals surface area contributed by atoms with Crippen LogP contribution in [0, 0.1) is 50.2 Å². The van der Waals surface area contributed by atoms with E-state index in [0.29, 0.717) is 18.3 Å². The van der Waals surface area contributed by atoms with Crippen LogP contribution in [0.4, 0.5) is 5.69 Å². The van der Waals surface area contributed by atoms with Crippen molar-refractivity contribution < 1.29 is 23.9 Å². The zero-order valence-corrected chi connectivity index (χ0v) is 29.8. The Morgan fingerprint density at radius 2 is 1.43 bits per heavy atom. The number of carbonyl (C=O) groups excluding carboxylic acids is 3. The number of ether oxygens (including phenoxy) is 2. The molecule has 0 spiro atoms. The van der Waals surface area contributed by atoms with Crippen LogP contribution in [0.1, 0.15) is 120 Å². The molecular formula is C40H57NO5. The van der Waals surface area contributed by atoms with E-state index in [0.717, 1.165) is 57.1 Å². The van der Waals surface area contributed by atoms with Gasteiger partial charge < -0.3 is 14.8 Å². The van der Waals surface area contributed by atoms with Gasteiger partial charge >= 0.3 is 11.9 Å². The lowest BCUT2D eigenvalue weighted by Gasteiger charge is -2.71. The zero-order chi connectivity index (χ0) is 33.5. The predicted octanol–water partition coefficient (Wildman–Crippen LogP) is 8.90. The fourth-order valence-corrected chi connectivity index (χ4v) is 12.2. The van der Waals surface area contributed by atoms with Gasteiger partial charge in [-0.2, -0.15) is 0 Å². The number of carbonyl (C=O) groups is 3. The second-order valence-electron chi connectivity index (χ2n) is 17.9. The SMILES string of the molecule is CC(=O)O[C@@H]1C[C@]2(C)[C@H]3CC=C4[C@@H]5CC(C)(C)CC[C@]5(C(=O)Nc5ccccc5)CC[C@@]4(C)[C@]3(C)CC[C@H]2C(C)(C)[C@H]1OC(C)=O. The number of amides is 1. The highest BCUT2D eigenvalue weighted by molar-refractivity contribution is 5.96. The minimum atomic E-state index is -0.474. The van der Waals surface area contributed by atoms with Gasteiger partial charge in [0.15, 0.2) is 0 Å². The zero-order valence-electron chi connectivity index (χ0n) is 29.8. The molecule has 0 radical (unpaired) electrons. The first kappa shape index (κ1) is 33.3. The second kappa shape index (κ2) is 11.0. The van der Waals surface area contributed by atoms with Crippen LogP contribution in [0.25, 0.3) is 0 Å². The molecule has 4 saturated carbocycles. The normalized spacial score (nSPS) is 42.1. The predicted molar refractivity (Wildman–Crippen MR) is 181 cm³/mol. The summed E-state index contributed by atoms with van der Waals surface area (Å²) in [4.78, 5) is 39.1. The maximum atomic E-state index is 14.4. The van der Waals surface area contributed by atoms with Crippen LogP contribution in [-0.4, -0.2) is 30.1 Å². The summed E-state index contributed by atoms with van der Waals surface area (Å²) in [5, 5.41) is 3.35. The minimum absolute atomic E-state index is 0.0249. The van der Waals surface area contributed by atoms with Gasteiger partial charge in [-0.1, -0.05) is 78.3 Å². The Balaban J connectivity index is 1.40. The molecule has 1 aromatic carbocycles. The van der Waals surface area contributed by atoms with Crippen LogP contribution in [0.15, 0.2) is 42.0 Å². The van der Waals surface area contributed by atoms with Crippen molar-refractivity contribution in [2.24, 2.45) is 50.2 Å². The van der Waals surface area contributed by atoms with Gasteiger partial charge in [0.05, 0.1) is 5.41 Å². The molecule has 0 heterocycles. The molecule has 46 heavy (non-hydrogen) atoms. The number of hydrogen-bond donors (Lipinski definition) is 1. The van der Waals surface area contributed by atoms with E-state index in [2.05, 4.69) is 59.9 Å². The third-order valence-corrected chi connectivity index (χ3v) is 14.6. The highest BCUT2D eigenvalue weighted by Gasteiger charge is 2.70. The lowest BCUT2D eigenvalue weighted by Crippen LogP contribution is -2.67. The molecule has 6 heteroatoms. The van der Waals surface area contributed by atoms with Crippen molar-refractivity contribution in [1.82, 2.24) is 0 Å². The number of esters is 2. The first-order chi connectivity index (χ1) is 21.4. The third-order valence-electron chi connectivity index (χ3n) is 14.6. The van der Waals surface area contributed by atoms with Crippen molar-refractivity contribution in [3.05, 3.63) is 42.0 Å². The van der Waals surface area contributed by atoms with Crippen molar-refractivity contribution in [1.29, 1.82) is 0 Å². The monoisotopic (exact) mass is 631 g/mol. The number of fused-ring (bicyclic) bond motifs is 7. The molecule has 5 aliphatic rings. The summed E-state index contributed by atoms with van der Waals surface area (Å²) >= 11 is 0. The molecule has 0 bridgehead atoms. The molecule has 6 rings (SSSR count). The van der Waals surface area contributed by atoms with E-state index in [1.165, 1.54) is 19.4 Å². The van der Waals surface area contributed by atoms with Gasteiger partial charge in [0.25, 0.3) is 0 Å². The molecule has 6 nitrogen and oxygen atoms in total. The topological polar surface area (TPSA) is 81.7 Å². The van der Waals surface area contributed by atoms with Crippen molar-refractivity contribution in [2.45, 2.75) is 132 Å². The van der Waals surface area contributed by atoms with Gasteiger partial charge in [-0.3, -0.25) is 14.4 Å². The van der Waals surface area contributed by atoms with E-state index in [4.69, 9.17) is 9.47 Å². The third kappa shape index (κ3) is 4.89. The van der Waals surface area contributed by atoms with E-state index in [1.807, 2.05) is 30.3 Å². The van der Waals surface area contributed by atoms with E-state index in [1.54, 1.807) is 0 Å². The highest BCUT2D eigenvalue weighted by atomic mass is 16.6. The Kier molecular flexibility index (Phi) is 7.92. The number of hydrogen-bond acceptors (Lipinski definition) is 5. The van der Waals surface area contributed by atoms with Crippen LogP contribution in [0.5, 0.6) is 0 Å². The van der Waals surface area contributed by atoms with Crippen LogP contribution in [0.3, 0.4) is 0 Å². The first-order valence-electron chi connectivity index (χ1n) is 17.8. The molecule has 0 aliphatic heterocycles. The van der Waals surface area contributed by atoms with Crippen LogP contribution >= 0.6 is 0 Å². The molecule has 9 atom stereocenters. The summed E-state index contributed by atoms with van der Waals surface area (Å²) in [7, 11) is 0. The Morgan fingerprint density at radius 1 is 0.783 bits per heavy atom. The summed E-state index contributed by atoms with van der Waals surface area (Å²) < 4.78 is 12.0. The Hall–Kier alpha value is -2.63. The van der Waals surface area contributed by atoms with Crippen molar-refractivity contribution in [3.63, 3.8) is 0 Å². The number of anilines is 1. The van der Waals surface area contributed by atoms with Crippen molar-refractivity contribution >= 4 is 23.5 Å². The largest absolute Gasteiger partial charge is 0.459 e. The van der Waals surface area contributed by atoms with Crippen molar-refractivity contribution in [2.75, 3.05) is 5.32 Å². The molecule has 1 aromatic rings.